The molecule has 3 rings (SSSR count). The summed E-state index contributed by atoms with van der Waals surface area (Å²) in [6.07, 6.45) is 3.39. The van der Waals surface area contributed by atoms with Crippen LogP contribution in [0.5, 0.6) is 5.19 Å². The summed E-state index contributed by atoms with van der Waals surface area (Å²) in [7, 11) is 1.50. The maximum atomic E-state index is 12.3. The molecule has 0 aliphatic rings. The molecule has 24 heavy (non-hydrogen) atoms. The number of anilines is 1. The van der Waals surface area contributed by atoms with Crippen LogP contribution in [0.1, 0.15) is 17.2 Å². The van der Waals surface area contributed by atoms with Gasteiger partial charge in [0.25, 0.3) is 5.19 Å². The second-order valence-corrected chi connectivity index (χ2v) is 5.74. The molecule has 122 valence electrons. The number of hydrogen-bond donors (Lipinski definition) is 2. The molecular weight excluding hydrogens is 326 g/mol. The molecule has 2 amide bonds. The van der Waals surface area contributed by atoms with Crippen LogP contribution in [-0.2, 0) is 0 Å². The molecule has 8 heteroatoms. The molecular formula is C16H15N5O2S. The molecule has 0 saturated carbocycles. The number of carbonyl (C=O) groups excluding carboxylic acids is 1. The minimum absolute atomic E-state index is 0.302. The molecule has 1 aromatic carbocycles. The Labute approximate surface area is 142 Å². The van der Waals surface area contributed by atoms with Gasteiger partial charge in [0.2, 0.25) is 5.13 Å². The van der Waals surface area contributed by atoms with Crippen molar-refractivity contribution in [1.82, 2.24) is 20.5 Å². The first-order valence-corrected chi connectivity index (χ1v) is 7.98. The molecule has 0 bridgehead atoms. The molecule has 0 radical (unpaired) electrons. The first kappa shape index (κ1) is 15.9. The number of nitrogens with zero attached hydrogens (tertiary/aromatic N) is 3. The highest BCUT2D eigenvalue weighted by Crippen LogP contribution is 2.23. The van der Waals surface area contributed by atoms with Crippen LogP contribution in [0.4, 0.5) is 9.93 Å². The highest BCUT2D eigenvalue weighted by Gasteiger charge is 2.17. The van der Waals surface area contributed by atoms with Crippen LogP contribution >= 0.6 is 11.3 Å². The number of hydrogen-bond acceptors (Lipinski definition) is 6. The number of nitrogens with one attached hydrogen (secondary N) is 2. The van der Waals surface area contributed by atoms with Crippen LogP contribution in [0.2, 0.25) is 0 Å². The summed E-state index contributed by atoms with van der Waals surface area (Å²) >= 11 is 1.15. The zero-order chi connectivity index (χ0) is 16.8. The minimum atomic E-state index is -0.375. The number of pyridine rings is 1. The SMILES string of the molecule is COc1nnc(NC(=O)NC(c2ccccc2)c2ccncc2)s1. The molecule has 1 unspecified atom stereocenters. The van der Waals surface area contributed by atoms with E-state index in [2.05, 4.69) is 25.8 Å². The Morgan fingerprint density at radius 3 is 2.46 bits per heavy atom. The van der Waals surface area contributed by atoms with Crippen molar-refractivity contribution in [3.63, 3.8) is 0 Å². The fourth-order valence-electron chi connectivity index (χ4n) is 2.17. The third-order valence-electron chi connectivity index (χ3n) is 3.25. The average Bonchev–Trinajstić information content (AvgIpc) is 3.08. The van der Waals surface area contributed by atoms with Gasteiger partial charge in [-0.3, -0.25) is 10.3 Å². The number of aromatic nitrogens is 3. The second-order valence-electron chi connectivity index (χ2n) is 4.80. The van der Waals surface area contributed by atoms with E-state index in [1.165, 1.54) is 7.11 Å². The van der Waals surface area contributed by atoms with Crippen LogP contribution < -0.4 is 15.4 Å². The molecule has 3 aromatic rings. The lowest BCUT2D eigenvalue weighted by molar-refractivity contribution is 0.250. The third kappa shape index (κ3) is 3.85. The summed E-state index contributed by atoms with van der Waals surface area (Å²) in [5.41, 5.74) is 1.90. The standard InChI is InChI=1S/C16H15N5O2S/c1-23-16-21-20-15(24-16)19-14(22)18-13(11-5-3-2-4-6-11)12-7-9-17-10-8-12/h2-10,13H,1H3,(H2,18,19,20,22). The Kier molecular flexibility index (Phi) is 4.97. The normalized spacial score (nSPS) is 11.5. The molecule has 0 aliphatic carbocycles. The maximum Gasteiger partial charge on any atom is 0.321 e. The van der Waals surface area contributed by atoms with Gasteiger partial charge in [-0.2, -0.15) is 0 Å². The van der Waals surface area contributed by atoms with Gasteiger partial charge < -0.3 is 10.1 Å². The number of amides is 2. The second kappa shape index (κ2) is 7.51. The summed E-state index contributed by atoms with van der Waals surface area (Å²) < 4.78 is 4.96. The van der Waals surface area contributed by atoms with Crippen molar-refractivity contribution in [3.05, 3.63) is 66.0 Å². The van der Waals surface area contributed by atoms with E-state index >= 15 is 0 Å². The number of benzene rings is 1. The van der Waals surface area contributed by atoms with E-state index in [-0.39, 0.29) is 12.1 Å². The van der Waals surface area contributed by atoms with Crippen molar-refractivity contribution in [1.29, 1.82) is 0 Å². The van der Waals surface area contributed by atoms with Crippen LogP contribution in [0, 0.1) is 0 Å². The predicted octanol–water partition coefficient (Wildman–Crippen LogP) is 2.85. The van der Waals surface area contributed by atoms with Crippen molar-refractivity contribution in [2.45, 2.75) is 6.04 Å². The van der Waals surface area contributed by atoms with Gasteiger partial charge in [0.1, 0.15) is 0 Å². The largest absolute Gasteiger partial charge is 0.472 e. The zero-order valence-corrected chi connectivity index (χ0v) is 13.7. The number of ether oxygens (including phenoxy) is 1. The monoisotopic (exact) mass is 341 g/mol. The van der Waals surface area contributed by atoms with Gasteiger partial charge in [-0.25, -0.2) is 4.79 Å². The fourth-order valence-corrected chi connectivity index (χ4v) is 2.72. The van der Waals surface area contributed by atoms with E-state index in [0.29, 0.717) is 10.3 Å². The lowest BCUT2D eigenvalue weighted by atomic mass is 10.00. The van der Waals surface area contributed by atoms with Crippen molar-refractivity contribution in [2.75, 3.05) is 12.4 Å². The van der Waals surface area contributed by atoms with E-state index in [4.69, 9.17) is 4.74 Å². The summed E-state index contributed by atoms with van der Waals surface area (Å²) in [6, 6.07) is 12.8. The maximum absolute atomic E-state index is 12.3. The van der Waals surface area contributed by atoms with Crippen LogP contribution in [0.15, 0.2) is 54.9 Å². The number of rotatable bonds is 5. The van der Waals surface area contributed by atoms with Gasteiger partial charge in [-0.05, 0) is 34.6 Å². The smallest absolute Gasteiger partial charge is 0.321 e. The molecule has 0 spiro atoms. The molecule has 0 aliphatic heterocycles. The molecule has 1 atom stereocenters. The molecule has 0 saturated heterocycles. The van der Waals surface area contributed by atoms with Gasteiger partial charge >= 0.3 is 6.03 Å². The van der Waals surface area contributed by atoms with Crippen molar-refractivity contribution in [2.24, 2.45) is 0 Å². The summed E-state index contributed by atoms with van der Waals surface area (Å²) in [4.78, 5) is 16.3. The summed E-state index contributed by atoms with van der Waals surface area (Å²) in [6.45, 7) is 0. The quantitative estimate of drug-likeness (QED) is 0.745. The predicted molar refractivity (Wildman–Crippen MR) is 91.1 cm³/mol. The third-order valence-corrected chi connectivity index (χ3v) is 4.05. The number of carbonyl (C=O) groups is 1. The van der Waals surface area contributed by atoms with E-state index < -0.39 is 0 Å². The Bertz CT molecular complexity index is 755. The minimum Gasteiger partial charge on any atom is -0.472 e. The van der Waals surface area contributed by atoms with E-state index in [1.54, 1.807) is 12.4 Å². The first-order chi connectivity index (χ1) is 11.8. The van der Waals surface area contributed by atoms with Crippen molar-refractivity contribution < 1.29 is 9.53 Å². The zero-order valence-electron chi connectivity index (χ0n) is 12.8. The molecule has 0 fully saturated rings. The Morgan fingerprint density at radius 2 is 1.79 bits per heavy atom. The van der Waals surface area contributed by atoms with E-state index in [0.717, 1.165) is 22.5 Å². The van der Waals surface area contributed by atoms with E-state index in [9.17, 15) is 4.79 Å². The lowest BCUT2D eigenvalue weighted by Gasteiger charge is -2.19. The van der Waals surface area contributed by atoms with Crippen LogP contribution in [-0.4, -0.2) is 28.3 Å². The molecule has 2 aromatic heterocycles. The molecule has 2 heterocycles. The van der Waals surface area contributed by atoms with Crippen LogP contribution in [0.25, 0.3) is 0 Å². The van der Waals surface area contributed by atoms with Gasteiger partial charge in [0, 0.05) is 12.4 Å². The van der Waals surface area contributed by atoms with Crippen molar-refractivity contribution >= 4 is 22.5 Å². The number of methoxy groups -OCH3 is 1. The topological polar surface area (TPSA) is 89.0 Å². The highest BCUT2D eigenvalue weighted by atomic mass is 32.1. The highest BCUT2D eigenvalue weighted by molar-refractivity contribution is 7.17. The molecule has 7 nitrogen and oxygen atoms in total. The lowest BCUT2D eigenvalue weighted by Crippen LogP contribution is -2.33. The van der Waals surface area contributed by atoms with Gasteiger partial charge in [-0.15, -0.1) is 5.10 Å². The molecule has 2 N–H and O–H groups in total. The Morgan fingerprint density at radius 1 is 1.08 bits per heavy atom. The Hall–Kier alpha value is -3.00. The van der Waals surface area contributed by atoms with Gasteiger partial charge in [0.05, 0.1) is 13.2 Å². The van der Waals surface area contributed by atoms with Gasteiger partial charge in [-0.1, -0.05) is 35.4 Å². The number of urea groups is 1. The van der Waals surface area contributed by atoms with Gasteiger partial charge in [0.15, 0.2) is 0 Å². The fraction of sp³-hybridized carbons (Fsp3) is 0.125. The van der Waals surface area contributed by atoms with Crippen molar-refractivity contribution in [3.8, 4) is 5.19 Å². The Balaban J connectivity index is 1.78. The van der Waals surface area contributed by atoms with E-state index in [1.807, 2.05) is 42.5 Å². The average molecular weight is 341 g/mol. The van der Waals surface area contributed by atoms with Crippen LogP contribution in [0.3, 0.4) is 0 Å². The summed E-state index contributed by atoms with van der Waals surface area (Å²) in [5, 5.41) is 14.0. The first-order valence-electron chi connectivity index (χ1n) is 7.16. The summed E-state index contributed by atoms with van der Waals surface area (Å²) in [5.74, 6) is 0.